The van der Waals surface area contributed by atoms with Gasteiger partial charge in [0.1, 0.15) is 16.0 Å². The second-order valence-corrected chi connectivity index (χ2v) is 6.75. The van der Waals surface area contributed by atoms with Gasteiger partial charge in [-0.25, -0.2) is 4.98 Å². The quantitative estimate of drug-likeness (QED) is 0.922. The van der Waals surface area contributed by atoms with E-state index in [1.165, 1.54) is 0 Å². The first-order chi connectivity index (χ1) is 9.81. The van der Waals surface area contributed by atoms with Crippen molar-refractivity contribution in [1.82, 2.24) is 9.97 Å². The lowest BCUT2D eigenvalue weighted by atomic mass is 9.92. The smallest absolute Gasteiger partial charge is 0.265 e. The van der Waals surface area contributed by atoms with Crippen molar-refractivity contribution in [2.75, 3.05) is 7.11 Å². The van der Waals surface area contributed by atoms with Crippen LogP contribution >= 0.6 is 15.9 Å². The highest BCUT2D eigenvalue weighted by Gasteiger charge is 2.22. The first-order valence-electron chi connectivity index (χ1n) is 6.73. The molecule has 1 aromatic heterocycles. The van der Waals surface area contributed by atoms with Gasteiger partial charge in [0.25, 0.3) is 5.56 Å². The summed E-state index contributed by atoms with van der Waals surface area (Å²) < 4.78 is 5.72. The number of ether oxygens (including phenoxy) is 1. The van der Waals surface area contributed by atoms with Crippen LogP contribution in [0.3, 0.4) is 0 Å². The van der Waals surface area contributed by atoms with E-state index in [2.05, 4.69) is 25.9 Å². The number of hydrogen-bond donors (Lipinski definition) is 1. The number of hydrogen-bond acceptors (Lipinski definition) is 3. The minimum atomic E-state index is -0.198. The number of halogens is 1. The molecular formula is C16H19BrN2O2. The Morgan fingerprint density at radius 2 is 2.05 bits per heavy atom. The third-order valence-corrected chi connectivity index (χ3v) is 3.86. The van der Waals surface area contributed by atoms with Crippen LogP contribution in [-0.2, 0) is 11.8 Å². The molecule has 0 fully saturated rings. The summed E-state index contributed by atoms with van der Waals surface area (Å²) in [5.41, 5.74) is 1.47. The number of methoxy groups -OCH3 is 1. The van der Waals surface area contributed by atoms with Crippen LogP contribution in [0.1, 0.15) is 37.9 Å². The number of nitrogens with zero attached hydrogens (tertiary/aromatic N) is 1. The molecule has 21 heavy (non-hydrogen) atoms. The molecule has 1 heterocycles. The molecular weight excluding hydrogens is 332 g/mol. The normalized spacial score (nSPS) is 11.5. The summed E-state index contributed by atoms with van der Waals surface area (Å²) in [5, 5.41) is 0. The molecule has 0 aliphatic rings. The Hall–Kier alpha value is -1.62. The predicted molar refractivity (Wildman–Crippen MR) is 87.1 cm³/mol. The maximum Gasteiger partial charge on any atom is 0.265 e. The van der Waals surface area contributed by atoms with Crippen LogP contribution in [0.2, 0.25) is 0 Å². The van der Waals surface area contributed by atoms with Crippen LogP contribution in [-0.4, -0.2) is 17.1 Å². The van der Waals surface area contributed by atoms with E-state index in [4.69, 9.17) is 4.74 Å². The average Bonchev–Trinajstić information content (AvgIpc) is 2.41. The molecule has 0 aliphatic carbocycles. The summed E-state index contributed by atoms with van der Waals surface area (Å²) in [7, 11) is 1.64. The first kappa shape index (κ1) is 15.8. The van der Waals surface area contributed by atoms with Gasteiger partial charge in [0, 0.05) is 11.8 Å². The number of nitrogens with one attached hydrogen (secondary N) is 1. The van der Waals surface area contributed by atoms with Gasteiger partial charge in [-0.1, -0.05) is 32.9 Å². The molecule has 0 saturated heterocycles. The van der Waals surface area contributed by atoms with Crippen molar-refractivity contribution in [3.8, 4) is 5.75 Å². The predicted octanol–water partition coefficient (Wildman–Crippen LogP) is 3.43. The van der Waals surface area contributed by atoms with Crippen LogP contribution in [0.15, 0.2) is 33.5 Å². The van der Waals surface area contributed by atoms with Gasteiger partial charge < -0.3 is 9.72 Å². The molecule has 2 aromatic rings. The zero-order valence-electron chi connectivity index (χ0n) is 12.7. The van der Waals surface area contributed by atoms with E-state index in [1.54, 1.807) is 7.11 Å². The van der Waals surface area contributed by atoms with Gasteiger partial charge in [0.05, 0.1) is 12.8 Å². The largest absolute Gasteiger partial charge is 0.497 e. The molecule has 112 valence electrons. The van der Waals surface area contributed by atoms with Gasteiger partial charge >= 0.3 is 0 Å². The highest BCUT2D eigenvalue weighted by atomic mass is 79.9. The lowest BCUT2D eigenvalue weighted by molar-refractivity contribution is 0.414. The van der Waals surface area contributed by atoms with Crippen molar-refractivity contribution in [2.45, 2.75) is 32.6 Å². The Kier molecular flexibility index (Phi) is 4.52. The topological polar surface area (TPSA) is 55.0 Å². The molecule has 0 unspecified atom stereocenters. The molecule has 0 spiro atoms. The minimum Gasteiger partial charge on any atom is -0.497 e. The maximum absolute atomic E-state index is 12.1. The monoisotopic (exact) mass is 350 g/mol. The number of benzene rings is 1. The highest BCUT2D eigenvalue weighted by molar-refractivity contribution is 9.10. The molecule has 1 N–H and O–H groups in total. The highest BCUT2D eigenvalue weighted by Crippen LogP contribution is 2.25. The fraction of sp³-hybridized carbons (Fsp3) is 0.375. The van der Waals surface area contributed by atoms with Crippen molar-refractivity contribution in [2.24, 2.45) is 0 Å². The Morgan fingerprint density at radius 3 is 2.67 bits per heavy atom. The molecule has 0 radical (unpaired) electrons. The van der Waals surface area contributed by atoms with Crippen molar-refractivity contribution >= 4 is 15.9 Å². The SMILES string of the molecule is COc1cccc(Cc2nc(C(C)(C)C)c(Br)c(=O)[nH]2)c1. The summed E-state index contributed by atoms with van der Waals surface area (Å²) >= 11 is 3.33. The molecule has 5 heteroatoms. The number of H-pyrrole nitrogens is 1. The zero-order chi connectivity index (χ0) is 15.6. The fourth-order valence-corrected chi connectivity index (χ4v) is 2.84. The van der Waals surface area contributed by atoms with E-state index >= 15 is 0 Å². The summed E-state index contributed by atoms with van der Waals surface area (Å²) in [6.07, 6.45) is 0.558. The van der Waals surface area contributed by atoms with Crippen molar-refractivity contribution in [3.63, 3.8) is 0 Å². The van der Waals surface area contributed by atoms with Crippen molar-refractivity contribution in [1.29, 1.82) is 0 Å². The minimum absolute atomic E-state index is 0.146. The van der Waals surface area contributed by atoms with Gasteiger partial charge in [0.15, 0.2) is 0 Å². The standard InChI is InChI=1S/C16H19BrN2O2/c1-16(2,3)14-13(17)15(20)19-12(18-14)9-10-6-5-7-11(8-10)21-4/h5-8H,9H2,1-4H3,(H,18,19,20). The molecule has 1 aromatic carbocycles. The maximum atomic E-state index is 12.1. The van der Waals surface area contributed by atoms with Crippen molar-refractivity contribution in [3.05, 3.63) is 56.2 Å². The van der Waals surface area contributed by atoms with E-state index in [-0.39, 0.29) is 11.0 Å². The fourth-order valence-electron chi connectivity index (χ4n) is 2.06. The van der Waals surface area contributed by atoms with Gasteiger partial charge in [-0.2, -0.15) is 0 Å². The van der Waals surface area contributed by atoms with Crippen molar-refractivity contribution < 1.29 is 4.74 Å². The van der Waals surface area contributed by atoms with Crippen LogP contribution in [0.5, 0.6) is 5.75 Å². The number of aromatic amines is 1. The summed E-state index contributed by atoms with van der Waals surface area (Å²) in [4.78, 5) is 19.5. The molecule has 2 rings (SSSR count). The first-order valence-corrected chi connectivity index (χ1v) is 7.52. The van der Waals surface area contributed by atoms with E-state index in [0.717, 1.165) is 17.0 Å². The summed E-state index contributed by atoms with van der Waals surface area (Å²) in [5.74, 6) is 1.45. The molecule has 0 atom stereocenters. The summed E-state index contributed by atoms with van der Waals surface area (Å²) in [6.45, 7) is 6.11. The zero-order valence-corrected chi connectivity index (χ0v) is 14.2. The van der Waals surface area contributed by atoms with E-state index < -0.39 is 0 Å². The van der Waals surface area contributed by atoms with Crippen LogP contribution in [0.25, 0.3) is 0 Å². The number of aromatic nitrogens is 2. The Morgan fingerprint density at radius 1 is 1.33 bits per heavy atom. The molecule has 0 saturated carbocycles. The van der Waals surface area contributed by atoms with Gasteiger partial charge in [0.2, 0.25) is 0 Å². The van der Waals surface area contributed by atoms with Gasteiger partial charge in [-0.05, 0) is 33.6 Å². The molecule has 0 bridgehead atoms. The van der Waals surface area contributed by atoms with Crippen LogP contribution in [0, 0.1) is 0 Å². The lowest BCUT2D eigenvalue weighted by Gasteiger charge is -2.19. The van der Waals surface area contributed by atoms with E-state index in [1.807, 2.05) is 45.0 Å². The molecule has 0 amide bonds. The van der Waals surface area contributed by atoms with Gasteiger partial charge in [-0.3, -0.25) is 4.79 Å². The van der Waals surface area contributed by atoms with E-state index in [0.29, 0.717) is 16.7 Å². The number of rotatable bonds is 3. The lowest BCUT2D eigenvalue weighted by Crippen LogP contribution is -2.23. The third kappa shape index (κ3) is 3.73. The average molecular weight is 351 g/mol. The second kappa shape index (κ2) is 6.02. The summed E-state index contributed by atoms with van der Waals surface area (Å²) in [6, 6.07) is 7.75. The molecule has 0 aliphatic heterocycles. The van der Waals surface area contributed by atoms with Crippen LogP contribution < -0.4 is 10.3 Å². The Bertz CT molecular complexity index is 702. The van der Waals surface area contributed by atoms with Gasteiger partial charge in [-0.15, -0.1) is 0 Å². The Labute approximate surface area is 132 Å². The van der Waals surface area contributed by atoms with E-state index in [9.17, 15) is 4.79 Å². The third-order valence-electron chi connectivity index (χ3n) is 3.13. The Balaban J connectivity index is 2.41. The second-order valence-electron chi connectivity index (χ2n) is 5.95. The molecule has 4 nitrogen and oxygen atoms in total. The van der Waals surface area contributed by atoms with Crippen LogP contribution in [0.4, 0.5) is 0 Å².